The van der Waals surface area contributed by atoms with E-state index in [4.69, 9.17) is 4.42 Å². The van der Waals surface area contributed by atoms with Gasteiger partial charge < -0.3 is 15.1 Å². The normalized spacial score (nSPS) is 11.5. The minimum absolute atomic E-state index is 0.176. The van der Waals surface area contributed by atoms with Gasteiger partial charge in [0.1, 0.15) is 6.04 Å². The van der Waals surface area contributed by atoms with Crippen LogP contribution >= 0.6 is 0 Å². The molecule has 0 radical (unpaired) electrons. The highest BCUT2D eigenvalue weighted by Crippen LogP contribution is 2.06. The van der Waals surface area contributed by atoms with Crippen LogP contribution in [0.1, 0.15) is 16.1 Å². The zero-order chi connectivity index (χ0) is 15.8. The minimum atomic E-state index is -0.681. The zero-order valence-corrected chi connectivity index (χ0v) is 12.1. The molecule has 0 aliphatic rings. The molecule has 1 aromatic heterocycles. The Morgan fingerprint density at radius 2 is 1.95 bits per heavy atom. The summed E-state index contributed by atoms with van der Waals surface area (Å²) < 4.78 is 5.05. The van der Waals surface area contributed by atoms with E-state index < -0.39 is 11.9 Å². The topological polar surface area (TPSA) is 71.3 Å². The van der Waals surface area contributed by atoms with Gasteiger partial charge in [0, 0.05) is 13.0 Å². The van der Waals surface area contributed by atoms with Crippen LogP contribution in [0.25, 0.3) is 0 Å². The monoisotopic (exact) mass is 298 g/mol. The molecule has 5 heteroatoms. The van der Waals surface area contributed by atoms with E-state index >= 15 is 0 Å². The van der Waals surface area contributed by atoms with Crippen molar-refractivity contribution in [3.63, 3.8) is 0 Å². The van der Waals surface area contributed by atoms with Gasteiger partial charge in [-0.1, -0.05) is 36.4 Å². The summed E-state index contributed by atoms with van der Waals surface area (Å²) in [5, 5.41) is 5.40. The Balaban J connectivity index is 2.08. The fraction of sp³-hybridized carbons (Fsp3) is 0.176. The lowest BCUT2D eigenvalue weighted by molar-refractivity contribution is -0.122. The van der Waals surface area contributed by atoms with Gasteiger partial charge >= 0.3 is 0 Å². The van der Waals surface area contributed by atoms with Crippen molar-refractivity contribution in [1.82, 2.24) is 10.6 Å². The SMILES string of the molecule is C=CCNC(=O)[C@H](Cc1ccccc1)NC(=O)c1ccco1. The third-order valence-corrected chi connectivity index (χ3v) is 3.07. The van der Waals surface area contributed by atoms with Crippen LogP contribution in [0.5, 0.6) is 0 Å². The molecule has 5 nitrogen and oxygen atoms in total. The molecule has 0 saturated heterocycles. The quantitative estimate of drug-likeness (QED) is 0.767. The van der Waals surface area contributed by atoms with E-state index in [2.05, 4.69) is 17.2 Å². The molecule has 2 amide bonds. The summed E-state index contributed by atoms with van der Waals surface area (Å²) in [5.41, 5.74) is 0.959. The van der Waals surface area contributed by atoms with Crippen molar-refractivity contribution in [3.05, 3.63) is 72.7 Å². The molecule has 0 bridgehead atoms. The van der Waals surface area contributed by atoms with Gasteiger partial charge in [0.05, 0.1) is 6.26 Å². The van der Waals surface area contributed by atoms with Gasteiger partial charge in [-0.25, -0.2) is 0 Å². The summed E-state index contributed by atoms with van der Waals surface area (Å²) in [6.45, 7) is 3.91. The summed E-state index contributed by atoms with van der Waals surface area (Å²) in [6.07, 6.45) is 3.40. The first kappa shape index (κ1) is 15.6. The molecule has 2 aromatic rings. The highest BCUT2D eigenvalue weighted by atomic mass is 16.3. The molecule has 0 aliphatic carbocycles. The fourth-order valence-electron chi connectivity index (χ4n) is 1.99. The van der Waals surface area contributed by atoms with Gasteiger partial charge in [0.25, 0.3) is 5.91 Å². The molecule has 22 heavy (non-hydrogen) atoms. The van der Waals surface area contributed by atoms with Crippen molar-refractivity contribution in [1.29, 1.82) is 0 Å². The van der Waals surface area contributed by atoms with Crippen LogP contribution in [-0.4, -0.2) is 24.4 Å². The maximum atomic E-state index is 12.2. The molecule has 2 rings (SSSR count). The van der Waals surface area contributed by atoms with Crippen LogP contribution < -0.4 is 10.6 Å². The Kier molecular flexibility index (Phi) is 5.54. The molecule has 0 fully saturated rings. The number of furan rings is 1. The number of carbonyl (C=O) groups is 2. The first-order valence-electron chi connectivity index (χ1n) is 6.97. The van der Waals surface area contributed by atoms with E-state index in [-0.39, 0.29) is 11.7 Å². The van der Waals surface area contributed by atoms with Crippen molar-refractivity contribution in [2.24, 2.45) is 0 Å². The second kappa shape index (κ2) is 7.83. The first-order chi connectivity index (χ1) is 10.7. The molecule has 1 aromatic carbocycles. The Bertz CT molecular complexity index is 621. The number of hydrogen-bond acceptors (Lipinski definition) is 3. The van der Waals surface area contributed by atoms with Gasteiger partial charge in [-0.05, 0) is 17.7 Å². The Morgan fingerprint density at radius 1 is 1.18 bits per heavy atom. The van der Waals surface area contributed by atoms with Crippen molar-refractivity contribution >= 4 is 11.8 Å². The second-order valence-corrected chi connectivity index (χ2v) is 4.73. The van der Waals surface area contributed by atoms with Crippen LogP contribution in [0.3, 0.4) is 0 Å². The summed E-state index contributed by atoms with van der Waals surface area (Å²) in [6, 6.07) is 12.0. The maximum Gasteiger partial charge on any atom is 0.287 e. The van der Waals surface area contributed by atoms with E-state index in [1.165, 1.54) is 6.26 Å². The lowest BCUT2D eigenvalue weighted by Gasteiger charge is -2.17. The van der Waals surface area contributed by atoms with E-state index in [0.717, 1.165) is 5.56 Å². The molecule has 0 aliphatic heterocycles. The number of amides is 2. The molecule has 0 spiro atoms. The van der Waals surface area contributed by atoms with Crippen LogP contribution in [0.4, 0.5) is 0 Å². The third kappa shape index (κ3) is 4.34. The van der Waals surface area contributed by atoms with E-state index in [9.17, 15) is 9.59 Å². The molecule has 2 N–H and O–H groups in total. The van der Waals surface area contributed by atoms with Crippen LogP contribution in [0.2, 0.25) is 0 Å². The highest BCUT2D eigenvalue weighted by molar-refractivity contribution is 5.95. The van der Waals surface area contributed by atoms with Gasteiger partial charge in [0.15, 0.2) is 5.76 Å². The molecule has 1 heterocycles. The largest absolute Gasteiger partial charge is 0.459 e. The summed E-state index contributed by atoms with van der Waals surface area (Å²) in [4.78, 5) is 24.3. The van der Waals surface area contributed by atoms with Crippen LogP contribution in [0, 0.1) is 0 Å². The fourth-order valence-corrected chi connectivity index (χ4v) is 1.99. The maximum absolute atomic E-state index is 12.2. The third-order valence-electron chi connectivity index (χ3n) is 3.07. The van der Waals surface area contributed by atoms with Gasteiger partial charge in [-0.15, -0.1) is 6.58 Å². The smallest absolute Gasteiger partial charge is 0.287 e. The van der Waals surface area contributed by atoms with Crippen molar-refractivity contribution in [3.8, 4) is 0 Å². The standard InChI is InChI=1S/C17H18N2O3/c1-2-10-18-16(20)14(12-13-7-4-3-5-8-13)19-17(21)15-9-6-11-22-15/h2-9,11,14H,1,10,12H2,(H,18,20)(H,19,21)/t14-/m0/s1. The number of benzene rings is 1. The van der Waals surface area contributed by atoms with Crippen molar-refractivity contribution in [2.45, 2.75) is 12.5 Å². The average Bonchev–Trinajstić information content (AvgIpc) is 3.07. The summed E-state index contributed by atoms with van der Waals surface area (Å²) >= 11 is 0. The van der Waals surface area contributed by atoms with Crippen LogP contribution in [-0.2, 0) is 11.2 Å². The van der Waals surface area contributed by atoms with Gasteiger partial charge in [-0.2, -0.15) is 0 Å². The molecular formula is C17H18N2O3. The van der Waals surface area contributed by atoms with Crippen molar-refractivity contribution < 1.29 is 14.0 Å². The average molecular weight is 298 g/mol. The van der Waals surface area contributed by atoms with E-state index in [1.807, 2.05) is 30.3 Å². The van der Waals surface area contributed by atoms with E-state index in [0.29, 0.717) is 13.0 Å². The number of carbonyl (C=O) groups excluding carboxylic acids is 2. The molecule has 114 valence electrons. The van der Waals surface area contributed by atoms with Crippen LogP contribution in [0.15, 0.2) is 65.8 Å². The zero-order valence-electron chi connectivity index (χ0n) is 12.1. The summed E-state index contributed by atoms with van der Waals surface area (Å²) in [5.74, 6) is -0.502. The predicted molar refractivity (Wildman–Crippen MR) is 83.3 cm³/mol. The van der Waals surface area contributed by atoms with Gasteiger partial charge in [0.2, 0.25) is 5.91 Å². The molecular weight excluding hydrogens is 280 g/mol. The lowest BCUT2D eigenvalue weighted by Crippen LogP contribution is -2.48. The number of nitrogens with one attached hydrogen (secondary N) is 2. The predicted octanol–water partition coefficient (Wildman–Crippen LogP) is 1.92. The summed E-state index contributed by atoms with van der Waals surface area (Å²) in [7, 11) is 0. The molecule has 1 atom stereocenters. The second-order valence-electron chi connectivity index (χ2n) is 4.73. The number of hydrogen-bond donors (Lipinski definition) is 2. The van der Waals surface area contributed by atoms with Crippen molar-refractivity contribution in [2.75, 3.05) is 6.54 Å². The van der Waals surface area contributed by atoms with Gasteiger partial charge in [-0.3, -0.25) is 9.59 Å². The highest BCUT2D eigenvalue weighted by Gasteiger charge is 2.22. The lowest BCUT2D eigenvalue weighted by atomic mass is 10.1. The molecule has 0 saturated carbocycles. The number of rotatable bonds is 7. The Hall–Kier alpha value is -2.82. The first-order valence-corrected chi connectivity index (χ1v) is 6.97. The molecule has 0 unspecified atom stereocenters. The Morgan fingerprint density at radius 3 is 2.59 bits per heavy atom. The van der Waals surface area contributed by atoms with E-state index in [1.54, 1.807) is 18.2 Å². The minimum Gasteiger partial charge on any atom is -0.459 e. The Labute approximate surface area is 129 Å².